The van der Waals surface area contributed by atoms with Gasteiger partial charge in [0.05, 0.1) is 12.5 Å². The quantitative estimate of drug-likeness (QED) is 0.476. The standard InChI is InChI=1S/C17H24N2O3/c1-14(13-20)17(22)19-12-6-5-11-18-16(21)10-9-15-7-3-2-4-8-15/h2-4,7-10,14,20H,5-6,11-13H2,1H3,(H,18,21)(H,19,22)/b10-9+. The highest BCUT2D eigenvalue weighted by Crippen LogP contribution is 2.00. The van der Waals surface area contributed by atoms with Crippen LogP contribution in [0.5, 0.6) is 0 Å². The van der Waals surface area contributed by atoms with Crippen molar-refractivity contribution < 1.29 is 14.7 Å². The third-order valence-electron chi connectivity index (χ3n) is 3.15. The molecule has 5 nitrogen and oxygen atoms in total. The first kappa shape index (κ1) is 17.9. The van der Waals surface area contributed by atoms with Crippen molar-refractivity contribution in [2.24, 2.45) is 5.92 Å². The van der Waals surface area contributed by atoms with Crippen molar-refractivity contribution in [1.29, 1.82) is 0 Å². The van der Waals surface area contributed by atoms with Crippen LogP contribution in [-0.4, -0.2) is 36.6 Å². The Morgan fingerprint density at radius 3 is 2.41 bits per heavy atom. The molecular formula is C17H24N2O3. The van der Waals surface area contributed by atoms with Gasteiger partial charge in [-0.1, -0.05) is 37.3 Å². The van der Waals surface area contributed by atoms with Crippen molar-refractivity contribution >= 4 is 17.9 Å². The van der Waals surface area contributed by atoms with Gasteiger partial charge < -0.3 is 15.7 Å². The van der Waals surface area contributed by atoms with Gasteiger partial charge in [0.1, 0.15) is 0 Å². The van der Waals surface area contributed by atoms with Gasteiger partial charge in [0, 0.05) is 19.2 Å². The van der Waals surface area contributed by atoms with E-state index in [9.17, 15) is 9.59 Å². The first-order valence-electron chi connectivity index (χ1n) is 7.53. The van der Waals surface area contributed by atoms with Gasteiger partial charge in [0.25, 0.3) is 0 Å². The van der Waals surface area contributed by atoms with Crippen LogP contribution >= 0.6 is 0 Å². The molecule has 22 heavy (non-hydrogen) atoms. The van der Waals surface area contributed by atoms with E-state index in [0.717, 1.165) is 18.4 Å². The molecule has 0 aliphatic heterocycles. The number of carbonyl (C=O) groups is 2. The fraction of sp³-hybridized carbons (Fsp3) is 0.412. The summed E-state index contributed by atoms with van der Waals surface area (Å²) < 4.78 is 0. The number of unbranched alkanes of at least 4 members (excludes halogenated alkanes) is 1. The summed E-state index contributed by atoms with van der Waals surface area (Å²) in [4.78, 5) is 23.0. The number of carbonyl (C=O) groups excluding carboxylic acids is 2. The van der Waals surface area contributed by atoms with Crippen LogP contribution in [0.2, 0.25) is 0 Å². The number of hydrogen-bond acceptors (Lipinski definition) is 3. The van der Waals surface area contributed by atoms with Gasteiger partial charge in [-0.3, -0.25) is 9.59 Å². The molecule has 1 unspecified atom stereocenters. The summed E-state index contributed by atoms with van der Waals surface area (Å²) in [6.45, 7) is 2.66. The number of aliphatic hydroxyl groups is 1. The van der Waals surface area contributed by atoms with Gasteiger partial charge in [-0.2, -0.15) is 0 Å². The summed E-state index contributed by atoms with van der Waals surface area (Å²) in [6, 6.07) is 9.63. The van der Waals surface area contributed by atoms with Crippen LogP contribution in [0.15, 0.2) is 36.4 Å². The molecule has 0 saturated heterocycles. The zero-order chi connectivity index (χ0) is 16.2. The van der Waals surface area contributed by atoms with E-state index in [1.54, 1.807) is 13.0 Å². The number of nitrogens with one attached hydrogen (secondary N) is 2. The first-order valence-corrected chi connectivity index (χ1v) is 7.53. The van der Waals surface area contributed by atoms with Crippen LogP contribution in [0.4, 0.5) is 0 Å². The average molecular weight is 304 g/mol. The second-order valence-corrected chi connectivity index (χ2v) is 5.12. The van der Waals surface area contributed by atoms with E-state index in [-0.39, 0.29) is 24.3 Å². The summed E-state index contributed by atoms with van der Waals surface area (Å²) in [5.41, 5.74) is 0.985. The molecule has 5 heteroatoms. The summed E-state index contributed by atoms with van der Waals surface area (Å²) in [5.74, 6) is -0.637. The Hall–Kier alpha value is -2.14. The summed E-state index contributed by atoms with van der Waals surface area (Å²) >= 11 is 0. The average Bonchev–Trinajstić information content (AvgIpc) is 2.56. The molecule has 1 atom stereocenters. The fourth-order valence-corrected chi connectivity index (χ4v) is 1.73. The molecule has 0 fully saturated rings. The molecule has 0 aliphatic carbocycles. The largest absolute Gasteiger partial charge is 0.396 e. The molecule has 0 heterocycles. The maximum Gasteiger partial charge on any atom is 0.243 e. The summed E-state index contributed by atoms with van der Waals surface area (Å²) in [5, 5.41) is 14.4. The molecule has 0 aliphatic rings. The van der Waals surface area contributed by atoms with Crippen molar-refractivity contribution in [3.63, 3.8) is 0 Å². The molecule has 0 aromatic heterocycles. The maximum atomic E-state index is 11.6. The number of amides is 2. The molecule has 120 valence electrons. The molecule has 0 bridgehead atoms. The van der Waals surface area contributed by atoms with Gasteiger partial charge in [-0.25, -0.2) is 0 Å². The molecule has 2 amide bonds. The lowest BCUT2D eigenvalue weighted by atomic mass is 10.2. The lowest BCUT2D eigenvalue weighted by Crippen LogP contribution is -2.32. The maximum absolute atomic E-state index is 11.6. The van der Waals surface area contributed by atoms with Crippen molar-refractivity contribution in [3.05, 3.63) is 42.0 Å². The van der Waals surface area contributed by atoms with Crippen molar-refractivity contribution in [1.82, 2.24) is 10.6 Å². The first-order chi connectivity index (χ1) is 10.6. The van der Waals surface area contributed by atoms with E-state index in [0.29, 0.717) is 13.1 Å². The zero-order valence-electron chi connectivity index (χ0n) is 12.9. The van der Waals surface area contributed by atoms with Crippen LogP contribution < -0.4 is 10.6 Å². The Bertz CT molecular complexity index is 486. The molecule has 0 spiro atoms. The number of rotatable bonds is 9. The lowest BCUT2D eigenvalue weighted by molar-refractivity contribution is -0.125. The Labute approximate surface area is 131 Å². The lowest BCUT2D eigenvalue weighted by Gasteiger charge is -2.09. The summed E-state index contributed by atoms with van der Waals surface area (Å²) in [7, 11) is 0. The van der Waals surface area contributed by atoms with Crippen LogP contribution in [-0.2, 0) is 9.59 Å². The van der Waals surface area contributed by atoms with E-state index < -0.39 is 0 Å². The second-order valence-electron chi connectivity index (χ2n) is 5.12. The van der Waals surface area contributed by atoms with Gasteiger partial charge in [0.2, 0.25) is 11.8 Å². The van der Waals surface area contributed by atoms with E-state index in [1.165, 1.54) is 6.08 Å². The van der Waals surface area contributed by atoms with E-state index in [1.807, 2.05) is 30.3 Å². The second kappa shape index (κ2) is 10.6. The highest BCUT2D eigenvalue weighted by Gasteiger charge is 2.09. The van der Waals surface area contributed by atoms with E-state index >= 15 is 0 Å². The van der Waals surface area contributed by atoms with Crippen LogP contribution in [0.25, 0.3) is 6.08 Å². The molecule has 0 saturated carbocycles. The molecule has 0 radical (unpaired) electrons. The van der Waals surface area contributed by atoms with Crippen molar-refractivity contribution in [2.45, 2.75) is 19.8 Å². The van der Waals surface area contributed by atoms with E-state index in [2.05, 4.69) is 10.6 Å². The minimum atomic E-state index is -0.372. The molecule has 1 aromatic carbocycles. The van der Waals surface area contributed by atoms with Gasteiger partial charge in [-0.05, 0) is 24.5 Å². The topological polar surface area (TPSA) is 78.4 Å². The highest BCUT2D eigenvalue weighted by atomic mass is 16.3. The van der Waals surface area contributed by atoms with E-state index in [4.69, 9.17) is 5.11 Å². The fourth-order valence-electron chi connectivity index (χ4n) is 1.73. The van der Waals surface area contributed by atoms with Crippen molar-refractivity contribution in [2.75, 3.05) is 19.7 Å². The van der Waals surface area contributed by atoms with Gasteiger partial charge >= 0.3 is 0 Å². The zero-order valence-corrected chi connectivity index (χ0v) is 12.9. The SMILES string of the molecule is CC(CO)C(=O)NCCCCNC(=O)/C=C/c1ccccc1. The van der Waals surface area contributed by atoms with Gasteiger partial charge in [-0.15, -0.1) is 0 Å². The third kappa shape index (κ3) is 7.59. The Morgan fingerprint density at radius 1 is 1.14 bits per heavy atom. The molecular weight excluding hydrogens is 280 g/mol. The molecule has 1 aromatic rings. The Morgan fingerprint density at radius 2 is 1.77 bits per heavy atom. The smallest absolute Gasteiger partial charge is 0.243 e. The Kier molecular flexibility index (Phi) is 8.60. The monoisotopic (exact) mass is 304 g/mol. The highest BCUT2D eigenvalue weighted by molar-refractivity contribution is 5.91. The van der Waals surface area contributed by atoms with Crippen LogP contribution in [0, 0.1) is 5.92 Å². The molecule has 1 rings (SSSR count). The minimum absolute atomic E-state index is 0.123. The normalized spacial score (nSPS) is 12.1. The van der Waals surface area contributed by atoms with Gasteiger partial charge in [0.15, 0.2) is 0 Å². The number of hydrogen-bond donors (Lipinski definition) is 3. The van der Waals surface area contributed by atoms with Crippen LogP contribution in [0.1, 0.15) is 25.3 Å². The summed E-state index contributed by atoms with van der Waals surface area (Å²) in [6.07, 6.45) is 4.86. The predicted molar refractivity (Wildman–Crippen MR) is 87.0 cm³/mol. The predicted octanol–water partition coefficient (Wildman–Crippen LogP) is 1.34. The number of aliphatic hydroxyl groups excluding tert-OH is 1. The van der Waals surface area contributed by atoms with Crippen LogP contribution in [0.3, 0.4) is 0 Å². The Balaban J connectivity index is 2.08. The molecule has 3 N–H and O–H groups in total. The number of benzene rings is 1. The third-order valence-corrected chi connectivity index (χ3v) is 3.15. The minimum Gasteiger partial charge on any atom is -0.396 e. The van der Waals surface area contributed by atoms with Crippen molar-refractivity contribution in [3.8, 4) is 0 Å².